The summed E-state index contributed by atoms with van der Waals surface area (Å²) in [4.78, 5) is 0. The second-order valence-electron chi connectivity index (χ2n) is 3.20. The van der Waals surface area contributed by atoms with Crippen molar-refractivity contribution in [3.63, 3.8) is 0 Å². The minimum atomic E-state index is 0. The van der Waals surface area contributed by atoms with Crippen LogP contribution in [0.1, 0.15) is 19.4 Å². The third-order valence-electron chi connectivity index (χ3n) is 1.53. The van der Waals surface area contributed by atoms with Crippen molar-refractivity contribution in [2.75, 3.05) is 0 Å². The molecule has 1 N–H and O–H groups in total. The third-order valence-corrected chi connectivity index (χ3v) is 1.53. The largest absolute Gasteiger partial charge is 0.999 e. The van der Waals surface area contributed by atoms with Crippen LogP contribution >= 0.6 is 0 Å². The Hall–Kier alpha value is -0.821. The van der Waals surface area contributed by atoms with Gasteiger partial charge in [-0.25, -0.2) is 0 Å². The zero-order valence-electron chi connectivity index (χ0n) is 9.22. The SMILES string of the molecule is CC(C)NC[c-]1[c-][c-][c-][c-]1.[Fe].[c-]1[c-][c-][cH-][c-]1. The summed E-state index contributed by atoms with van der Waals surface area (Å²) in [7, 11) is 0. The Kier molecular flexibility index (Phi) is 8.93. The summed E-state index contributed by atoms with van der Waals surface area (Å²) in [5.41, 5.74) is 1.01. The first-order chi connectivity index (χ1) is 7.29. The molecule has 0 aromatic heterocycles. The van der Waals surface area contributed by atoms with Crippen molar-refractivity contribution in [3.05, 3.63) is 60.2 Å². The van der Waals surface area contributed by atoms with Gasteiger partial charge in [-0.1, -0.05) is 13.8 Å². The van der Waals surface area contributed by atoms with Gasteiger partial charge in [0.1, 0.15) is 0 Å². The third kappa shape index (κ3) is 7.47. The maximum Gasteiger partial charge on any atom is 0 e. The molecule has 90 valence electrons. The minimum absolute atomic E-state index is 0. The molecule has 2 aromatic carbocycles. The van der Waals surface area contributed by atoms with Crippen molar-refractivity contribution in [1.82, 2.24) is 5.32 Å². The Morgan fingerprint density at radius 1 is 1.06 bits per heavy atom. The van der Waals surface area contributed by atoms with Crippen molar-refractivity contribution in [2.45, 2.75) is 26.4 Å². The normalized spacial score (nSPS) is 9.19. The first kappa shape index (κ1) is 15.2. The van der Waals surface area contributed by atoms with Crippen LogP contribution in [-0.4, -0.2) is 6.04 Å². The molecule has 0 bridgehead atoms. The summed E-state index contributed by atoms with van der Waals surface area (Å²) in [6.07, 6.45) is 0. The Morgan fingerprint density at radius 3 is 2.00 bits per heavy atom. The monoisotopic (exact) mass is 249 g/mol. The van der Waals surface area contributed by atoms with Gasteiger partial charge in [-0.2, -0.15) is 6.54 Å². The van der Waals surface area contributed by atoms with Crippen LogP contribution in [0.2, 0.25) is 0 Å². The maximum absolute atomic E-state index is 3.25. The van der Waals surface area contributed by atoms with Gasteiger partial charge in [-0.05, 0) is 6.04 Å². The summed E-state index contributed by atoms with van der Waals surface area (Å²) < 4.78 is 0. The van der Waals surface area contributed by atoms with Crippen molar-refractivity contribution in [2.24, 2.45) is 0 Å². The number of nitrogens with one attached hydrogen (secondary N) is 1. The van der Waals surface area contributed by atoms with E-state index < -0.39 is 0 Å². The molecule has 0 aliphatic rings. The first-order valence-electron chi connectivity index (χ1n) is 4.73. The van der Waals surface area contributed by atoms with Gasteiger partial charge in [0.25, 0.3) is 0 Å². The van der Waals surface area contributed by atoms with Crippen molar-refractivity contribution < 1.29 is 17.1 Å². The predicted molar refractivity (Wildman–Crippen MR) is 56.7 cm³/mol. The van der Waals surface area contributed by atoms with Crippen molar-refractivity contribution in [1.29, 1.82) is 0 Å². The summed E-state index contributed by atoms with van der Waals surface area (Å²) in [5, 5.41) is 3.25. The molecule has 0 saturated carbocycles. The molecule has 0 fully saturated rings. The smallest absolute Gasteiger partial charge is 0 e. The minimum Gasteiger partial charge on any atom is -0.999 e. The average Bonchev–Trinajstić information content (AvgIpc) is 2.91. The van der Waals surface area contributed by atoms with Gasteiger partial charge in [0.15, 0.2) is 0 Å². The van der Waals surface area contributed by atoms with Crippen molar-refractivity contribution >= 4 is 0 Å². The van der Waals surface area contributed by atoms with E-state index in [0.29, 0.717) is 6.04 Å². The Morgan fingerprint density at radius 2 is 1.62 bits per heavy atom. The van der Waals surface area contributed by atoms with Gasteiger partial charge < -0.3 is 65.5 Å². The zero-order chi connectivity index (χ0) is 10.9. The molecule has 0 unspecified atom stereocenters. The fraction of sp³-hybridized carbons (Fsp3) is 0.286. The molecule has 2 rings (SSSR count). The van der Waals surface area contributed by atoms with Crippen LogP contribution in [0.15, 0.2) is 6.07 Å². The molecule has 1 nitrogen and oxygen atoms in total. The standard InChI is InChI=1S/C9H10N.C5H.Fe/c1-8(2)10-7-9-5-3-4-6-9;1-2-4-5-3-1;/h8,10H,7H2,1-2H3;1H;/q2*-5;. The molecule has 0 amide bonds. The first-order valence-corrected chi connectivity index (χ1v) is 4.73. The van der Waals surface area contributed by atoms with Crippen LogP contribution in [0.25, 0.3) is 0 Å². The molecule has 0 aliphatic heterocycles. The van der Waals surface area contributed by atoms with E-state index in [1.54, 1.807) is 6.07 Å². The molecule has 0 saturated heterocycles. The van der Waals surface area contributed by atoms with E-state index >= 15 is 0 Å². The summed E-state index contributed by atoms with van der Waals surface area (Å²) in [6.45, 7) is 5.03. The average molecular weight is 249 g/mol. The van der Waals surface area contributed by atoms with E-state index in [4.69, 9.17) is 0 Å². The molecule has 2 aromatic rings. The molecule has 0 atom stereocenters. The Labute approximate surface area is 109 Å². The topological polar surface area (TPSA) is 12.0 Å². The van der Waals surface area contributed by atoms with Gasteiger partial charge in [0.05, 0.1) is 0 Å². The molecule has 0 aliphatic carbocycles. The number of rotatable bonds is 3. The van der Waals surface area contributed by atoms with Crippen LogP contribution in [0.5, 0.6) is 0 Å². The van der Waals surface area contributed by atoms with Gasteiger partial charge in [-0.15, -0.1) is 0 Å². The Balaban J connectivity index is 0.000000318. The van der Waals surface area contributed by atoms with Gasteiger partial charge in [-0.3, -0.25) is 0 Å². The summed E-state index contributed by atoms with van der Waals surface area (Å²) in [5.74, 6) is 0. The van der Waals surface area contributed by atoms with E-state index in [0.717, 1.165) is 12.1 Å². The molecule has 0 spiro atoms. The van der Waals surface area contributed by atoms with Gasteiger partial charge in [0.2, 0.25) is 0 Å². The fourth-order valence-corrected chi connectivity index (χ4v) is 0.820. The second kappa shape index (κ2) is 9.41. The van der Waals surface area contributed by atoms with Crippen molar-refractivity contribution in [3.8, 4) is 0 Å². The molecule has 0 heterocycles. The fourth-order valence-electron chi connectivity index (χ4n) is 0.820. The van der Waals surface area contributed by atoms with Gasteiger partial charge >= 0.3 is 0 Å². The summed E-state index contributed by atoms with van der Waals surface area (Å²) >= 11 is 0. The molecular weight excluding hydrogens is 238 g/mol. The van der Waals surface area contributed by atoms with Crippen LogP contribution in [0.3, 0.4) is 0 Å². The molecule has 2 heteroatoms. The second-order valence-corrected chi connectivity index (χ2v) is 3.20. The van der Waals surface area contributed by atoms with Crippen LogP contribution in [-0.2, 0) is 23.6 Å². The zero-order valence-corrected chi connectivity index (χ0v) is 10.3. The van der Waals surface area contributed by atoms with Crippen LogP contribution in [0.4, 0.5) is 0 Å². The van der Waals surface area contributed by atoms with E-state index in [1.807, 2.05) is 0 Å². The van der Waals surface area contributed by atoms with Gasteiger partial charge in [0, 0.05) is 17.1 Å². The van der Waals surface area contributed by atoms with Crippen LogP contribution < -0.4 is 5.32 Å². The quantitative estimate of drug-likeness (QED) is 0.645. The molecule has 16 heavy (non-hydrogen) atoms. The molecular formula is C14H11FeN-10. The number of hydrogen-bond donors (Lipinski definition) is 1. The predicted octanol–water partition coefficient (Wildman–Crippen LogP) is 1.71. The maximum atomic E-state index is 3.25. The number of hydrogen-bond acceptors (Lipinski definition) is 1. The van der Waals surface area contributed by atoms with E-state index in [-0.39, 0.29) is 17.1 Å². The summed E-state index contributed by atoms with van der Waals surface area (Å²) in [6, 6.07) is 23.7. The van der Waals surface area contributed by atoms with E-state index in [2.05, 4.69) is 67.7 Å². The molecule has 0 radical (unpaired) electrons. The van der Waals surface area contributed by atoms with E-state index in [1.165, 1.54) is 0 Å². The Bertz CT molecular complexity index is 291. The van der Waals surface area contributed by atoms with E-state index in [9.17, 15) is 0 Å². The van der Waals surface area contributed by atoms with Crippen LogP contribution in [0, 0.1) is 48.5 Å².